The van der Waals surface area contributed by atoms with Gasteiger partial charge in [0, 0.05) is 38.9 Å². The zero-order chi connectivity index (χ0) is 40.4. The zero-order valence-electron chi connectivity index (χ0n) is 34.1. The van der Waals surface area contributed by atoms with Gasteiger partial charge in [0.25, 0.3) is 0 Å². The van der Waals surface area contributed by atoms with E-state index in [0.29, 0.717) is 0 Å². The lowest BCUT2D eigenvalue weighted by Gasteiger charge is -2.26. The van der Waals surface area contributed by atoms with E-state index in [-0.39, 0.29) is 5.41 Å². The van der Waals surface area contributed by atoms with Crippen molar-refractivity contribution in [1.29, 1.82) is 0 Å². The first-order valence-electron chi connectivity index (χ1n) is 20.9. The van der Waals surface area contributed by atoms with Crippen molar-refractivity contribution in [1.82, 2.24) is 4.57 Å². The highest BCUT2D eigenvalue weighted by molar-refractivity contribution is 6.11. The van der Waals surface area contributed by atoms with Crippen LogP contribution in [0.25, 0.3) is 72.0 Å². The Kier molecular flexibility index (Phi) is 8.42. The van der Waals surface area contributed by atoms with Crippen LogP contribution in [-0.2, 0) is 5.41 Å². The van der Waals surface area contributed by atoms with Crippen molar-refractivity contribution in [3.8, 4) is 50.2 Å². The summed E-state index contributed by atoms with van der Waals surface area (Å²) in [6.45, 7) is 6.93. The number of hydrogen-bond acceptors (Lipinski definition) is 1. The van der Waals surface area contributed by atoms with Crippen LogP contribution in [0.1, 0.15) is 30.5 Å². The molecule has 286 valence electrons. The summed E-state index contributed by atoms with van der Waals surface area (Å²) in [4.78, 5) is 2.37. The Morgan fingerprint density at radius 3 is 1.57 bits per heavy atom. The summed E-state index contributed by atoms with van der Waals surface area (Å²) in [5.41, 5.74) is 20.9. The Balaban J connectivity index is 0.972. The molecule has 10 aromatic rings. The highest BCUT2D eigenvalue weighted by atomic mass is 15.1. The summed E-state index contributed by atoms with van der Waals surface area (Å²) in [6.07, 6.45) is 0. The highest BCUT2D eigenvalue weighted by Crippen LogP contribution is 2.50. The summed E-state index contributed by atoms with van der Waals surface area (Å²) < 4.78 is 2.39. The first kappa shape index (κ1) is 35.7. The third-order valence-electron chi connectivity index (χ3n) is 12.7. The predicted octanol–water partition coefficient (Wildman–Crippen LogP) is 15.9. The van der Waals surface area contributed by atoms with E-state index in [4.69, 9.17) is 0 Å². The molecule has 0 aliphatic heterocycles. The van der Waals surface area contributed by atoms with Crippen molar-refractivity contribution in [2.24, 2.45) is 0 Å². The Morgan fingerprint density at radius 1 is 0.367 bits per heavy atom. The molecule has 0 saturated carbocycles. The van der Waals surface area contributed by atoms with Gasteiger partial charge in [-0.15, -0.1) is 0 Å². The molecule has 11 rings (SSSR count). The molecule has 0 spiro atoms. The van der Waals surface area contributed by atoms with Gasteiger partial charge in [-0.3, -0.25) is 0 Å². The van der Waals surface area contributed by atoms with Crippen LogP contribution >= 0.6 is 0 Å². The van der Waals surface area contributed by atoms with Crippen LogP contribution in [0.3, 0.4) is 0 Å². The first-order valence-corrected chi connectivity index (χ1v) is 20.9. The van der Waals surface area contributed by atoms with Crippen LogP contribution in [0.15, 0.2) is 212 Å². The molecule has 0 bridgehead atoms. The SMILES string of the molecule is Cc1cc2c(cc1-c1ccc(N(c3ccc(-c4ccccc4)cc3)c3ccc(-c4ccc5c(c4)C(C)(C)c4ccccc4-5)cc3)cc1)c1ccccc1n2-c1ccccc1. The van der Waals surface area contributed by atoms with Gasteiger partial charge in [-0.05, 0) is 141 Å². The minimum atomic E-state index is -0.0396. The fourth-order valence-electron chi connectivity index (χ4n) is 9.64. The van der Waals surface area contributed by atoms with Crippen LogP contribution in [-0.4, -0.2) is 4.57 Å². The molecule has 1 heterocycles. The van der Waals surface area contributed by atoms with Gasteiger partial charge in [-0.25, -0.2) is 0 Å². The Morgan fingerprint density at radius 2 is 0.883 bits per heavy atom. The molecule has 0 radical (unpaired) electrons. The van der Waals surface area contributed by atoms with Crippen LogP contribution in [0.2, 0.25) is 0 Å². The van der Waals surface area contributed by atoms with E-state index in [1.54, 1.807) is 0 Å². The fourth-order valence-corrected chi connectivity index (χ4v) is 9.64. The molecule has 0 unspecified atom stereocenters. The molecule has 1 aliphatic rings. The maximum atomic E-state index is 2.40. The number of nitrogens with zero attached hydrogens (tertiary/aromatic N) is 2. The summed E-state index contributed by atoms with van der Waals surface area (Å²) in [7, 11) is 0. The molecule has 1 aromatic heterocycles. The Hall–Kier alpha value is -7.42. The number of benzene rings is 9. The fraction of sp³-hybridized carbons (Fsp3) is 0.0690. The molecule has 2 heteroatoms. The molecule has 0 N–H and O–H groups in total. The number of aryl methyl sites for hydroxylation is 1. The monoisotopic (exact) mass is 768 g/mol. The second kappa shape index (κ2) is 14.1. The minimum Gasteiger partial charge on any atom is -0.311 e. The molecule has 2 nitrogen and oxygen atoms in total. The van der Waals surface area contributed by atoms with Crippen molar-refractivity contribution in [2.75, 3.05) is 4.90 Å². The smallest absolute Gasteiger partial charge is 0.0544 e. The molecule has 0 amide bonds. The number of hydrogen-bond donors (Lipinski definition) is 0. The van der Waals surface area contributed by atoms with Crippen molar-refractivity contribution < 1.29 is 0 Å². The van der Waals surface area contributed by atoms with E-state index in [0.717, 1.165) is 17.1 Å². The van der Waals surface area contributed by atoms with Gasteiger partial charge < -0.3 is 9.47 Å². The normalized spacial score (nSPS) is 12.7. The van der Waals surface area contributed by atoms with E-state index in [1.807, 2.05) is 0 Å². The lowest BCUT2D eigenvalue weighted by molar-refractivity contribution is 0.660. The number of para-hydroxylation sites is 2. The van der Waals surface area contributed by atoms with Gasteiger partial charge in [0.2, 0.25) is 0 Å². The second-order valence-corrected chi connectivity index (χ2v) is 16.6. The van der Waals surface area contributed by atoms with Crippen molar-refractivity contribution in [3.63, 3.8) is 0 Å². The molecular weight excluding hydrogens is 725 g/mol. The van der Waals surface area contributed by atoms with Crippen molar-refractivity contribution in [2.45, 2.75) is 26.2 Å². The summed E-state index contributed by atoms with van der Waals surface area (Å²) >= 11 is 0. The second-order valence-electron chi connectivity index (χ2n) is 16.6. The van der Waals surface area contributed by atoms with Gasteiger partial charge in [0.15, 0.2) is 0 Å². The topological polar surface area (TPSA) is 8.17 Å². The molecular formula is C58H44N2. The zero-order valence-corrected chi connectivity index (χ0v) is 34.1. The van der Waals surface area contributed by atoms with E-state index in [9.17, 15) is 0 Å². The van der Waals surface area contributed by atoms with Crippen LogP contribution in [0.4, 0.5) is 17.1 Å². The molecule has 60 heavy (non-hydrogen) atoms. The van der Waals surface area contributed by atoms with E-state index in [1.165, 1.54) is 88.7 Å². The van der Waals surface area contributed by atoms with Crippen LogP contribution in [0.5, 0.6) is 0 Å². The first-order chi connectivity index (χ1) is 29.4. The van der Waals surface area contributed by atoms with Crippen molar-refractivity contribution >= 4 is 38.9 Å². The van der Waals surface area contributed by atoms with Gasteiger partial charge in [-0.1, -0.05) is 153 Å². The van der Waals surface area contributed by atoms with Crippen LogP contribution < -0.4 is 4.90 Å². The molecule has 0 atom stereocenters. The summed E-state index contributed by atoms with van der Waals surface area (Å²) in [6, 6.07) is 77.8. The van der Waals surface area contributed by atoms with Crippen molar-refractivity contribution in [3.05, 3.63) is 229 Å². The molecule has 0 fully saturated rings. The lowest BCUT2D eigenvalue weighted by atomic mass is 9.81. The third kappa shape index (κ3) is 5.87. The van der Waals surface area contributed by atoms with E-state index < -0.39 is 0 Å². The number of anilines is 3. The highest BCUT2D eigenvalue weighted by Gasteiger charge is 2.35. The number of aromatic nitrogens is 1. The number of fused-ring (bicyclic) bond motifs is 6. The molecule has 9 aromatic carbocycles. The summed E-state index contributed by atoms with van der Waals surface area (Å²) in [5, 5.41) is 2.52. The van der Waals surface area contributed by atoms with Gasteiger partial charge in [-0.2, -0.15) is 0 Å². The van der Waals surface area contributed by atoms with E-state index in [2.05, 4.69) is 243 Å². The minimum absolute atomic E-state index is 0.0396. The average molecular weight is 769 g/mol. The maximum Gasteiger partial charge on any atom is 0.0544 e. The predicted molar refractivity (Wildman–Crippen MR) is 254 cm³/mol. The van der Waals surface area contributed by atoms with Crippen LogP contribution in [0, 0.1) is 6.92 Å². The standard InChI is InChI=1S/C58H44N2/c1-39-36-57-53(51-19-11-13-21-56(51)60(57)45-16-8-5-9-17-45)38-52(39)43-26-33-48(34-27-43)59(46-29-22-41(23-30-46)40-14-6-4-7-15-40)47-31-24-42(25-32-47)44-28-35-50-49-18-10-12-20-54(49)58(2,3)55(50)37-44/h4-38H,1-3H3. The van der Waals surface area contributed by atoms with Gasteiger partial charge >= 0.3 is 0 Å². The summed E-state index contributed by atoms with van der Waals surface area (Å²) in [5.74, 6) is 0. The lowest BCUT2D eigenvalue weighted by Crippen LogP contribution is -2.14. The Bertz CT molecular complexity index is 3190. The number of rotatable bonds is 7. The van der Waals surface area contributed by atoms with Gasteiger partial charge in [0.1, 0.15) is 0 Å². The largest absolute Gasteiger partial charge is 0.311 e. The molecule has 0 saturated heterocycles. The maximum absolute atomic E-state index is 2.40. The third-order valence-corrected chi connectivity index (χ3v) is 12.7. The van der Waals surface area contributed by atoms with E-state index >= 15 is 0 Å². The molecule has 1 aliphatic carbocycles. The quantitative estimate of drug-likeness (QED) is 0.157. The van der Waals surface area contributed by atoms with Gasteiger partial charge in [0.05, 0.1) is 11.0 Å². The average Bonchev–Trinajstić information content (AvgIpc) is 3.74. The Labute approximate surface area is 352 Å².